The zero-order chi connectivity index (χ0) is 10.8. The summed E-state index contributed by atoms with van der Waals surface area (Å²) in [4.78, 5) is 9.88. The van der Waals surface area contributed by atoms with E-state index in [-0.39, 0.29) is 9.92 Å². The number of anilines is 1. The van der Waals surface area contributed by atoms with Gasteiger partial charge in [-0.3, -0.25) is 4.79 Å². The van der Waals surface area contributed by atoms with Crippen LogP contribution in [0.25, 0.3) is 0 Å². The van der Waals surface area contributed by atoms with Crippen LogP contribution in [0.4, 0.5) is 5.69 Å². The zero-order valence-electron chi connectivity index (χ0n) is 6.90. The Kier molecular flexibility index (Phi) is 3.10. The molecule has 0 aliphatic carbocycles. The molecule has 14 heavy (non-hydrogen) atoms. The van der Waals surface area contributed by atoms with E-state index in [1.807, 2.05) is 0 Å². The molecule has 5 nitrogen and oxygen atoms in total. The zero-order valence-corrected chi connectivity index (χ0v) is 8.47. The monoisotopic (exact) mass is 234 g/mol. The summed E-state index contributed by atoms with van der Waals surface area (Å²) in [6.45, 7) is 0. The van der Waals surface area contributed by atoms with E-state index in [2.05, 4.69) is 5.32 Å². The molecule has 0 saturated carbocycles. The molecule has 0 heterocycles. The van der Waals surface area contributed by atoms with E-state index >= 15 is 0 Å². The van der Waals surface area contributed by atoms with Crippen molar-refractivity contribution >= 4 is 33.7 Å². The van der Waals surface area contributed by atoms with Crippen LogP contribution in [0.15, 0.2) is 23.1 Å². The molecular formula is C7H7ClN2O3S. The van der Waals surface area contributed by atoms with Gasteiger partial charge in [0.15, 0.2) is 0 Å². The van der Waals surface area contributed by atoms with Crippen molar-refractivity contribution < 1.29 is 13.2 Å². The topological polar surface area (TPSA) is 89.3 Å². The van der Waals surface area contributed by atoms with Gasteiger partial charge in [-0.15, -0.1) is 0 Å². The first-order valence-corrected chi connectivity index (χ1v) is 5.40. The molecular weight excluding hydrogens is 228 g/mol. The van der Waals surface area contributed by atoms with Gasteiger partial charge in [0.25, 0.3) is 0 Å². The maximum absolute atomic E-state index is 11.0. The molecule has 1 amide bonds. The van der Waals surface area contributed by atoms with E-state index in [0.29, 0.717) is 12.1 Å². The number of amides is 1. The third-order valence-electron chi connectivity index (χ3n) is 1.46. The molecule has 0 saturated heterocycles. The molecule has 1 aromatic rings. The lowest BCUT2D eigenvalue weighted by Gasteiger charge is -2.04. The van der Waals surface area contributed by atoms with E-state index in [1.54, 1.807) is 0 Å². The van der Waals surface area contributed by atoms with Crippen molar-refractivity contribution in [3.63, 3.8) is 0 Å². The third-order valence-corrected chi connectivity index (χ3v) is 2.86. The molecule has 0 bridgehead atoms. The summed E-state index contributed by atoms with van der Waals surface area (Å²) < 4.78 is 22.0. The maximum atomic E-state index is 11.0. The van der Waals surface area contributed by atoms with Crippen LogP contribution in [0.3, 0.4) is 0 Å². The molecule has 1 rings (SSSR count). The standard InChI is InChI=1S/C7H7ClN2O3S/c8-6-2-1-5(10-4-11)3-7(6)14(9,12)13/h1-4H,(H,10,11)(H2,9,12,13). The first kappa shape index (κ1) is 11.0. The Morgan fingerprint density at radius 2 is 2.07 bits per heavy atom. The Bertz CT molecular complexity index is 458. The molecule has 0 unspecified atom stereocenters. The second kappa shape index (κ2) is 3.95. The summed E-state index contributed by atoms with van der Waals surface area (Å²) in [6.07, 6.45) is 0.427. The molecule has 0 spiro atoms. The fourth-order valence-electron chi connectivity index (χ4n) is 0.879. The second-order valence-corrected chi connectivity index (χ2v) is 4.39. The molecule has 3 N–H and O–H groups in total. The van der Waals surface area contributed by atoms with E-state index in [4.69, 9.17) is 16.7 Å². The Morgan fingerprint density at radius 3 is 2.57 bits per heavy atom. The van der Waals surface area contributed by atoms with Crippen LogP contribution < -0.4 is 10.5 Å². The van der Waals surface area contributed by atoms with Crippen molar-refractivity contribution in [1.29, 1.82) is 0 Å². The number of nitrogens with two attached hydrogens (primary N) is 1. The Balaban J connectivity index is 3.29. The van der Waals surface area contributed by atoms with Crippen molar-refractivity contribution in [2.24, 2.45) is 5.14 Å². The SMILES string of the molecule is NS(=O)(=O)c1cc(NC=O)ccc1Cl. The van der Waals surface area contributed by atoms with Gasteiger partial charge in [-0.25, -0.2) is 13.6 Å². The molecule has 0 radical (unpaired) electrons. The minimum Gasteiger partial charge on any atom is -0.329 e. The van der Waals surface area contributed by atoms with Crippen LogP contribution in [0.2, 0.25) is 5.02 Å². The predicted molar refractivity (Wildman–Crippen MR) is 52.5 cm³/mol. The molecule has 7 heteroatoms. The third kappa shape index (κ3) is 2.44. The number of hydrogen-bond acceptors (Lipinski definition) is 3. The number of nitrogens with one attached hydrogen (secondary N) is 1. The van der Waals surface area contributed by atoms with Gasteiger partial charge < -0.3 is 5.32 Å². The molecule has 76 valence electrons. The normalized spacial score (nSPS) is 11.0. The molecule has 0 fully saturated rings. The highest BCUT2D eigenvalue weighted by atomic mass is 35.5. The van der Waals surface area contributed by atoms with E-state index in [9.17, 15) is 13.2 Å². The summed E-state index contributed by atoms with van der Waals surface area (Å²) in [7, 11) is -3.86. The lowest BCUT2D eigenvalue weighted by atomic mass is 10.3. The first-order valence-electron chi connectivity index (χ1n) is 3.47. The molecule has 0 aromatic heterocycles. The van der Waals surface area contributed by atoms with E-state index in [1.165, 1.54) is 18.2 Å². The predicted octanol–water partition coefficient (Wildman–Crippen LogP) is 0.556. The van der Waals surface area contributed by atoms with E-state index < -0.39 is 10.0 Å². The summed E-state index contributed by atoms with van der Waals surface area (Å²) in [5.41, 5.74) is 0.313. The molecule has 0 atom stereocenters. The Morgan fingerprint density at radius 1 is 1.43 bits per heavy atom. The Hall–Kier alpha value is -1.11. The highest BCUT2D eigenvalue weighted by Gasteiger charge is 2.13. The quantitative estimate of drug-likeness (QED) is 0.749. The number of hydrogen-bond donors (Lipinski definition) is 2. The average molecular weight is 235 g/mol. The van der Waals surface area contributed by atoms with Gasteiger partial charge >= 0.3 is 0 Å². The number of halogens is 1. The van der Waals surface area contributed by atoms with E-state index in [0.717, 1.165) is 0 Å². The minimum atomic E-state index is -3.86. The van der Waals surface area contributed by atoms with Gasteiger partial charge in [0.2, 0.25) is 16.4 Å². The fraction of sp³-hybridized carbons (Fsp3) is 0. The number of benzene rings is 1. The van der Waals surface area contributed by atoms with Crippen LogP contribution in [-0.4, -0.2) is 14.8 Å². The number of carbonyl (C=O) groups is 1. The van der Waals surface area contributed by atoms with Crippen molar-refractivity contribution in [3.05, 3.63) is 23.2 Å². The van der Waals surface area contributed by atoms with Crippen molar-refractivity contribution in [1.82, 2.24) is 0 Å². The van der Waals surface area contributed by atoms with Crippen molar-refractivity contribution in [3.8, 4) is 0 Å². The fourth-order valence-corrected chi connectivity index (χ4v) is 1.95. The molecule has 0 aliphatic rings. The van der Waals surface area contributed by atoms with Crippen molar-refractivity contribution in [2.45, 2.75) is 4.90 Å². The molecule has 0 aliphatic heterocycles. The average Bonchev–Trinajstić information content (AvgIpc) is 2.07. The van der Waals surface area contributed by atoms with Gasteiger partial charge in [0, 0.05) is 5.69 Å². The summed E-state index contributed by atoms with van der Waals surface area (Å²) in [5.74, 6) is 0. The van der Waals surface area contributed by atoms with Crippen LogP contribution in [0.1, 0.15) is 0 Å². The summed E-state index contributed by atoms with van der Waals surface area (Å²) in [5, 5.41) is 7.20. The Labute approximate surface area is 85.9 Å². The van der Waals surface area contributed by atoms with Gasteiger partial charge in [0.05, 0.1) is 5.02 Å². The van der Waals surface area contributed by atoms with Gasteiger partial charge in [-0.05, 0) is 18.2 Å². The first-order chi connectivity index (χ1) is 6.45. The van der Waals surface area contributed by atoms with Crippen LogP contribution in [0.5, 0.6) is 0 Å². The maximum Gasteiger partial charge on any atom is 0.239 e. The van der Waals surface area contributed by atoms with Gasteiger partial charge in [0.1, 0.15) is 4.90 Å². The van der Waals surface area contributed by atoms with Crippen LogP contribution in [-0.2, 0) is 14.8 Å². The van der Waals surface area contributed by atoms with Gasteiger partial charge in [-0.2, -0.15) is 0 Å². The van der Waals surface area contributed by atoms with Crippen molar-refractivity contribution in [2.75, 3.05) is 5.32 Å². The van der Waals surface area contributed by atoms with Gasteiger partial charge in [-0.1, -0.05) is 11.6 Å². The lowest BCUT2D eigenvalue weighted by molar-refractivity contribution is -0.105. The summed E-state index contributed by atoms with van der Waals surface area (Å²) in [6, 6.07) is 3.99. The number of carbonyl (C=O) groups excluding carboxylic acids is 1. The number of rotatable bonds is 3. The highest BCUT2D eigenvalue weighted by Crippen LogP contribution is 2.23. The minimum absolute atomic E-state index is 0.0175. The van der Waals surface area contributed by atoms with Crippen LogP contribution >= 0.6 is 11.6 Å². The number of primary sulfonamides is 1. The largest absolute Gasteiger partial charge is 0.329 e. The molecule has 1 aromatic carbocycles. The lowest BCUT2D eigenvalue weighted by Crippen LogP contribution is -2.13. The smallest absolute Gasteiger partial charge is 0.239 e. The second-order valence-electron chi connectivity index (χ2n) is 2.45. The highest BCUT2D eigenvalue weighted by molar-refractivity contribution is 7.89. The number of sulfonamides is 1. The summed E-state index contributed by atoms with van der Waals surface area (Å²) >= 11 is 5.61. The van der Waals surface area contributed by atoms with Crippen LogP contribution in [0, 0.1) is 0 Å².